The van der Waals surface area contributed by atoms with Gasteiger partial charge in [-0.2, -0.15) is 0 Å². The van der Waals surface area contributed by atoms with Crippen LogP contribution < -0.4 is 14.8 Å². The number of carbonyl (C=O) groups is 1. The van der Waals surface area contributed by atoms with Crippen molar-refractivity contribution in [1.29, 1.82) is 0 Å². The fourth-order valence-corrected chi connectivity index (χ4v) is 4.02. The lowest BCUT2D eigenvalue weighted by Gasteiger charge is -2.03. The van der Waals surface area contributed by atoms with Crippen LogP contribution in [0.2, 0.25) is 0 Å². The van der Waals surface area contributed by atoms with Crippen LogP contribution in [0.4, 0.5) is 0 Å². The molecule has 0 aliphatic carbocycles. The van der Waals surface area contributed by atoms with Gasteiger partial charge in [0, 0.05) is 39.9 Å². The fourth-order valence-electron chi connectivity index (χ4n) is 3.01. The van der Waals surface area contributed by atoms with E-state index in [1.807, 2.05) is 30.3 Å². The summed E-state index contributed by atoms with van der Waals surface area (Å²) >= 11 is 1.75. The highest BCUT2D eigenvalue weighted by Gasteiger charge is 2.12. The summed E-state index contributed by atoms with van der Waals surface area (Å²) in [4.78, 5) is 16.7. The van der Waals surface area contributed by atoms with E-state index >= 15 is 0 Å². The molecule has 0 unspecified atom stereocenters. The highest BCUT2D eigenvalue weighted by molar-refractivity contribution is 7.99. The predicted octanol–water partition coefficient (Wildman–Crippen LogP) is 4.13. The molecule has 0 fully saturated rings. The lowest BCUT2D eigenvalue weighted by atomic mass is 10.2. The molecule has 0 spiro atoms. The van der Waals surface area contributed by atoms with Gasteiger partial charge in [0.25, 0.3) is 0 Å². The van der Waals surface area contributed by atoms with Crippen LogP contribution in [0.15, 0.2) is 53.4 Å². The number of amides is 1. The summed E-state index contributed by atoms with van der Waals surface area (Å²) in [7, 11) is 0. The summed E-state index contributed by atoms with van der Waals surface area (Å²) in [5.74, 6) is 2.15. The Hall–Kier alpha value is -2.86. The second kappa shape index (κ2) is 7.80. The van der Waals surface area contributed by atoms with E-state index in [9.17, 15) is 4.79 Å². The molecular weight excluding hydrogens is 360 g/mol. The van der Waals surface area contributed by atoms with Crippen molar-refractivity contribution >= 4 is 34.6 Å². The largest absolute Gasteiger partial charge is 0.454 e. The summed E-state index contributed by atoms with van der Waals surface area (Å²) in [5, 5.41) is 4.15. The van der Waals surface area contributed by atoms with E-state index in [1.54, 1.807) is 23.9 Å². The normalized spacial score (nSPS) is 12.8. The Morgan fingerprint density at radius 2 is 2.07 bits per heavy atom. The van der Waals surface area contributed by atoms with Crippen LogP contribution in [0, 0.1) is 6.92 Å². The number of hydrogen-bond acceptors (Lipinski definition) is 4. The first kappa shape index (κ1) is 17.5. The molecule has 0 bridgehead atoms. The van der Waals surface area contributed by atoms with Crippen molar-refractivity contribution in [3.63, 3.8) is 0 Å². The van der Waals surface area contributed by atoms with Crippen LogP contribution in [0.25, 0.3) is 17.0 Å². The van der Waals surface area contributed by atoms with Crippen LogP contribution in [0.1, 0.15) is 11.3 Å². The number of fused-ring (bicyclic) bond motifs is 2. The second-order valence-electron chi connectivity index (χ2n) is 6.21. The molecule has 0 atom stereocenters. The molecule has 27 heavy (non-hydrogen) atoms. The van der Waals surface area contributed by atoms with Crippen molar-refractivity contribution in [3.05, 3.63) is 59.8 Å². The fraction of sp³-hybridized carbons (Fsp3) is 0.190. The molecule has 3 aromatic rings. The van der Waals surface area contributed by atoms with Crippen LogP contribution in [0.3, 0.4) is 0 Å². The number of aryl methyl sites for hydroxylation is 1. The molecule has 0 saturated heterocycles. The van der Waals surface area contributed by atoms with Crippen LogP contribution >= 0.6 is 11.8 Å². The lowest BCUT2D eigenvalue weighted by Crippen LogP contribution is -2.23. The molecule has 1 aliphatic heterocycles. The van der Waals surface area contributed by atoms with E-state index < -0.39 is 0 Å². The Bertz CT molecular complexity index is 1010. The number of carbonyl (C=O) groups excluding carboxylic acids is 1. The topological polar surface area (TPSA) is 63.4 Å². The third-order valence-electron chi connectivity index (χ3n) is 4.31. The zero-order valence-corrected chi connectivity index (χ0v) is 15.8. The molecule has 4 rings (SSSR count). The molecular formula is C21H20N2O3S. The molecule has 0 radical (unpaired) electrons. The van der Waals surface area contributed by atoms with Crippen molar-refractivity contribution in [2.75, 3.05) is 19.1 Å². The Morgan fingerprint density at radius 3 is 3.00 bits per heavy atom. The minimum absolute atomic E-state index is 0.107. The molecule has 138 valence electrons. The van der Waals surface area contributed by atoms with Gasteiger partial charge >= 0.3 is 0 Å². The third kappa shape index (κ3) is 3.95. The van der Waals surface area contributed by atoms with E-state index in [2.05, 4.69) is 29.4 Å². The Morgan fingerprint density at radius 1 is 1.22 bits per heavy atom. The monoisotopic (exact) mass is 380 g/mol. The van der Waals surface area contributed by atoms with Gasteiger partial charge in [-0.05, 0) is 36.8 Å². The van der Waals surface area contributed by atoms with E-state index in [1.165, 1.54) is 10.3 Å². The van der Waals surface area contributed by atoms with Gasteiger partial charge in [0.2, 0.25) is 12.7 Å². The number of hydrogen-bond donors (Lipinski definition) is 2. The maximum absolute atomic E-state index is 12.0. The molecule has 1 aliphatic rings. The van der Waals surface area contributed by atoms with E-state index in [0.717, 1.165) is 28.3 Å². The van der Waals surface area contributed by atoms with Crippen molar-refractivity contribution in [2.45, 2.75) is 11.8 Å². The molecule has 6 heteroatoms. The van der Waals surface area contributed by atoms with Crippen molar-refractivity contribution in [2.24, 2.45) is 0 Å². The number of H-pyrrole nitrogens is 1. The summed E-state index contributed by atoms with van der Waals surface area (Å²) in [6.07, 6.45) is 3.31. The number of benzene rings is 2. The van der Waals surface area contributed by atoms with Crippen molar-refractivity contribution in [3.8, 4) is 11.5 Å². The number of para-hydroxylation sites is 1. The number of aromatic amines is 1. The standard InChI is InChI=1S/C21H20N2O3S/c1-14-21(16-4-2-3-5-17(16)23-14)27-11-10-22-20(24)9-7-15-6-8-18-19(12-15)26-13-25-18/h2-9,12,23H,10-11,13H2,1H3,(H,22,24). The van der Waals surface area contributed by atoms with E-state index in [4.69, 9.17) is 9.47 Å². The third-order valence-corrected chi connectivity index (χ3v) is 5.53. The van der Waals surface area contributed by atoms with Gasteiger partial charge in [-0.15, -0.1) is 11.8 Å². The molecule has 2 heterocycles. The van der Waals surface area contributed by atoms with E-state index in [0.29, 0.717) is 12.3 Å². The highest BCUT2D eigenvalue weighted by Crippen LogP contribution is 2.33. The van der Waals surface area contributed by atoms with Gasteiger partial charge in [0.15, 0.2) is 11.5 Å². The quantitative estimate of drug-likeness (QED) is 0.383. The molecule has 0 saturated carbocycles. The Balaban J connectivity index is 1.27. The number of ether oxygens (including phenoxy) is 2. The van der Waals surface area contributed by atoms with Gasteiger partial charge in [-0.3, -0.25) is 4.79 Å². The van der Waals surface area contributed by atoms with Crippen LogP contribution in [-0.2, 0) is 4.79 Å². The van der Waals surface area contributed by atoms with Crippen molar-refractivity contribution in [1.82, 2.24) is 10.3 Å². The average molecular weight is 380 g/mol. The van der Waals surface area contributed by atoms with Gasteiger partial charge in [0.1, 0.15) is 0 Å². The van der Waals surface area contributed by atoms with Crippen LogP contribution in [-0.4, -0.2) is 30.0 Å². The maximum Gasteiger partial charge on any atom is 0.244 e. The first-order valence-corrected chi connectivity index (χ1v) is 9.75. The minimum Gasteiger partial charge on any atom is -0.454 e. The number of nitrogens with one attached hydrogen (secondary N) is 2. The van der Waals surface area contributed by atoms with Gasteiger partial charge in [-0.1, -0.05) is 24.3 Å². The number of rotatable bonds is 6. The van der Waals surface area contributed by atoms with Gasteiger partial charge < -0.3 is 19.8 Å². The molecule has 2 N–H and O–H groups in total. The summed E-state index contributed by atoms with van der Waals surface area (Å²) < 4.78 is 10.6. The summed E-state index contributed by atoms with van der Waals surface area (Å²) in [5.41, 5.74) is 3.21. The molecule has 2 aromatic carbocycles. The molecule has 5 nitrogen and oxygen atoms in total. The maximum atomic E-state index is 12.0. The second-order valence-corrected chi connectivity index (χ2v) is 7.32. The summed E-state index contributed by atoms with van der Waals surface area (Å²) in [6, 6.07) is 13.9. The first-order valence-electron chi connectivity index (χ1n) is 8.76. The Kier molecular flexibility index (Phi) is 5.07. The average Bonchev–Trinajstić information content (AvgIpc) is 3.27. The number of aromatic nitrogens is 1. The summed E-state index contributed by atoms with van der Waals surface area (Å²) in [6.45, 7) is 2.93. The van der Waals surface area contributed by atoms with E-state index in [-0.39, 0.29) is 12.7 Å². The number of thioether (sulfide) groups is 1. The Labute approximate surface area is 161 Å². The van der Waals surface area contributed by atoms with Crippen molar-refractivity contribution < 1.29 is 14.3 Å². The SMILES string of the molecule is Cc1[nH]c2ccccc2c1SCCNC(=O)C=Cc1ccc2c(c1)OCO2. The highest BCUT2D eigenvalue weighted by atomic mass is 32.2. The first-order chi connectivity index (χ1) is 13.2. The predicted molar refractivity (Wildman–Crippen MR) is 108 cm³/mol. The molecule has 1 amide bonds. The zero-order chi connectivity index (χ0) is 18.6. The lowest BCUT2D eigenvalue weighted by molar-refractivity contribution is -0.116. The van der Waals surface area contributed by atoms with Gasteiger partial charge in [0.05, 0.1) is 0 Å². The van der Waals surface area contributed by atoms with Gasteiger partial charge in [-0.25, -0.2) is 0 Å². The smallest absolute Gasteiger partial charge is 0.244 e. The molecule has 1 aromatic heterocycles. The van der Waals surface area contributed by atoms with Crippen LogP contribution in [0.5, 0.6) is 11.5 Å². The minimum atomic E-state index is -0.107. The zero-order valence-electron chi connectivity index (χ0n) is 15.0.